The Morgan fingerprint density at radius 1 is 1.07 bits per heavy atom. The summed E-state index contributed by atoms with van der Waals surface area (Å²) in [5, 5.41) is 3.61. The molecule has 2 atom stereocenters. The predicted octanol–water partition coefficient (Wildman–Crippen LogP) is 5.33. The molecule has 2 bridgehead atoms. The monoisotopic (exact) mass is 385 g/mol. The van der Waals surface area contributed by atoms with Crippen molar-refractivity contribution in [3.05, 3.63) is 53.6 Å². The molecule has 0 aromatic heterocycles. The Hall–Kier alpha value is -2.04. The van der Waals surface area contributed by atoms with Gasteiger partial charge in [0, 0.05) is 36.3 Å². The summed E-state index contributed by atoms with van der Waals surface area (Å²) in [5.74, 6) is 0. The zero-order valence-corrected chi connectivity index (χ0v) is 16.6. The van der Waals surface area contributed by atoms with Crippen LogP contribution in [-0.4, -0.2) is 42.9 Å². The Morgan fingerprint density at radius 3 is 2.48 bits per heavy atom. The molecule has 27 heavy (non-hydrogen) atoms. The summed E-state index contributed by atoms with van der Waals surface area (Å²) in [6.45, 7) is 0. The van der Waals surface area contributed by atoms with E-state index in [-0.39, 0.29) is 12.2 Å². The molecule has 0 saturated carbocycles. The van der Waals surface area contributed by atoms with Gasteiger partial charge in [0.1, 0.15) is 6.10 Å². The molecule has 1 amide bonds. The molecule has 0 radical (unpaired) electrons. The highest BCUT2D eigenvalue weighted by Gasteiger charge is 2.49. The van der Waals surface area contributed by atoms with Crippen molar-refractivity contribution in [1.82, 2.24) is 0 Å². The minimum absolute atomic E-state index is 0.00646. The third kappa shape index (κ3) is 3.69. The molecular weight excluding hydrogens is 360 g/mol. The molecule has 0 spiro atoms. The number of nitrogens with one attached hydrogen (secondary N) is 1. The highest BCUT2D eigenvalue weighted by molar-refractivity contribution is 6.30. The van der Waals surface area contributed by atoms with Crippen LogP contribution >= 0.6 is 11.6 Å². The number of fused-ring (bicyclic) bond motifs is 2. The Balaban J connectivity index is 1.45. The fourth-order valence-electron chi connectivity index (χ4n) is 4.72. The van der Waals surface area contributed by atoms with E-state index in [1.54, 1.807) is 0 Å². The zero-order valence-electron chi connectivity index (χ0n) is 15.8. The van der Waals surface area contributed by atoms with Crippen LogP contribution in [0, 0.1) is 0 Å². The Labute approximate surface area is 165 Å². The molecule has 2 aliphatic heterocycles. The number of amides is 1. The molecule has 2 unspecified atom stereocenters. The lowest BCUT2D eigenvalue weighted by atomic mass is 9.98. The van der Waals surface area contributed by atoms with Crippen molar-refractivity contribution in [3.8, 4) is 11.1 Å². The number of benzene rings is 2. The van der Waals surface area contributed by atoms with Crippen LogP contribution in [0.5, 0.6) is 0 Å². The molecule has 2 saturated heterocycles. The first-order valence-electron chi connectivity index (χ1n) is 9.59. The van der Waals surface area contributed by atoms with E-state index in [1.807, 2.05) is 48.5 Å². The SMILES string of the molecule is C[N+]1(C)C2CCC1CC(OC(=O)Nc1ccccc1-c1cccc(Cl)c1)C2. The fourth-order valence-corrected chi connectivity index (χ4v) is 4.91. The third-order valence-corrected chi connectivity index (χ3v) is 6.59. The number of hydrogen-bond donors (Lipinski definition) is 1. The number of ether oxygens (including phenoxy) is 1. The molecule has 142 valence electrons. The molecule has 4 rings (SSSR count). The van der Waals surface area contributed by atoms with Crippen molar-refractivity contribution in [1.29, 1.82) is 0 Å². The number of carbonyl (C=O) groups excluding carboxylic acids is 1. The number of anilines is 1. The summed E-state index contributed by atoms with van der Waals surface area (Å²) in [5.41, 5.74) is 2.63. The van der Waals surface area contributed by atoms with Crippen LogP contribution in [0.4, 0.5) is 10.5 Å². The first kappa shape index (κ1) is 18.3. The van der Waals surface area contributed by atoms with E-state index in [4.69, 9.17) is 16.3 Å². The molecule has 5 heteroatoms. The van der Waals surface area contributed by atoms with Crippen molar-refractivity contribution >= 4 is 23.4 Å². The van der Waals surface area contributed by atoms with Crippen LogP contribution in [0.3, 0.4) is 0 Å². The first-order valence-corrected chi connectivity index (χ1v) is 9.97. The van der Waals surface area contributed by atoms with Gasteiger partial charge < -0.3 is 9.22 Å². The summed E-state index contributed by atoms with van der Waals surface area (Å²) in [6.07, 6.45) is 4.00. The van der Waals surface area contributed by atoms with Gasteiger partial charge in [-0.25, -0.2) is 4.79 Å². The lowest BCUT2D eigenvalue weighted by molar-refractivity contribution is -0.931. The highest BCUT2D eigenvalue weighted by Crippen LogP contribution is 2.40. The molecule has 2 aromatic rings. The van der Waals surface area contributed by atoms with Gasteiger partial charge >= 0.3 is 6.09 Å². The van der Waals surface area contributed by atoms with Crippen LogP contribution in [0.25, 0.3) is 11.1 Å². The van der Waals surface area contributed by atoms with Crippen molar-refractivity contribution in [2.45, 2.75) is 43.9 Å². The lowest BCUT2D eigenvalue weighted by Gasteiger charge is -2.43. The summed E-state index contributed by atoms with van der Waals surface area (Å²) in [6, 6.07) is 16.5. The van der Waals surface area contributed by atoms with Gasteiger partial charge in [-0.3, -0.25) is 5.32 Å². The summed E-state index contributed by atoms with van der Waals surface area (Å²) >= 11 is 6.12. The van der Waals surface area contributed by atoms with Crippen molar-refractivity contribution < 1.29 is 14.0 Å². The highest BCUT2D eigenvalue weighted by atomic mass is 35.5. The normalized spacial score (nSPS) is 25.8. The van der Waals surface area contributed by atoms with Gasteiger partial charge in [-0.1, -0.05) is 41.9 Å². The number of piperidine rings is 1. The maximum atomic E-state index is 12.6. The predicted molar refractivity (Wildman–Crippen MR) is 109 cm³/mol. The lowest BCUT2D eigenvalue weighted by Crippen LogP contribution is -2.56. The largest absolute Gasteiger partial charge is 0.445 e. The molecule has 2 heterocycles. The van der Waals surface area contributed by atoms with Gasteiger partial charge in [-0.05, 0) is 23.8 Å². The molecule has 2 aliphatic rings. The minimum Gasteiger partial charge on any atom is -0.445 e. The van der Waals surface area contributed by atoms with Gasteiger partial charge in [-0.2, -0.15) is 0 Å². The molecule has 4 nitrogen and oxygen atoms in total. The number of rotatable bonds is 3. The molecule has 2 fully saturated rings. The Bertz CT molecular complexity index is 836. The smallest absolute Gasteiger partial charge is 0.411 e. The second kappa shape index (κ2) is 7.17. The van der Waals surface area contributed by atoms with E-state index in [2.05, 4.69) is 19.4 Å². The number of para-hydroxylation sites is 1. The van der Waals surface area contributed by atoms with E-state index in [9.17, 15) is 4.79 Å². The van der Waals surface area contributed by atoms with E-state index in [0.29, 0.717) is 17.1 Å². The van der Waals surface area contributed by atoms with Gasteiger partial charge in [-0.15, -0.1) is 0 Å². The number of carbonyl (C=O) groups is 1. The second-order valence-corrected chi connectivity index (χ2v) is 8.63. The third-order valence-electron chi connectivity index (χ3n) is 6.36. The van der Waals surface area contributed by atoms with Gasteiger partial charge in [0.2, 0.25) is 0 Å². The number of hydrogen-bond acceptors (Lipinski definition) is 2. The Morgan fingerprint density at radius 2 is 1.78 bits per heavy atom. The van der Waals surface area contributed by atoms with Gasteiger partial charge in [0.05, 0.1) is 31.9 Å². The summed E-state index contributed by atoms with van der Waals surface area (Å²) < 4.78 is 6.87. The van der Waals surface area contributed by atoms with E-state index >= 15 is 0 Å². The van der Waals surface area contributed by atoms with E-state index in [0.717, 1.165) is 34.1 Å². The number of quaternary nitrogens is 1. The zero-order chi connectivity index (χ0) is 19.0. The Kier molecular flexibility index (Phi) is 4.87. The second-order valence-electron chi connectivity index (χ2n) is 8.19. The van der Waals surface area contributed by atoms with E-state index < -0.39 is 0 Å². The summed E-state index contributed by atoms with van der Waals surface area (Å²) in [4.78, 5) is 12.6. The van der Waals surface area contributed by atoms with Gasteiger partial charge in [0.15, 0.2) is 0 Å². The van der Waals surface area contributed by atoms with Crippen LogP contribution < -0.4 is 5.32 Å². The summed E-state index contributed by atoms with van der Waals surface area (Å²) in [7, 11) is 4.61. The standard InChI is InChI=1S/C22H25ClN2O2/c1-25(2)17-10-11-18(25)14-19(13-17)27-22(26)24-21-9-4-3-8-20(21)15-6-5-7-16(23)12-15/h3-9,12,17-19H,10-11,13-14H2,1-2H3/p+1. The number of nitrogens with zero attached hydrogens (tertiary/aromatic N) is 1. The molecule has 1 N–H and O–H groups in total. The van der Waals surface area contributed by atoms with Crippen LogP contribution in [0.1, 0.15) is 25.7 Å². The minimum atomic E-state index is -0.374. The maximum absolute atomic E-state index is 12.6. The maximum Gasteiger partial charge on any atom is 0.411 e. The van der Waals surface area contributed by atoms with Crippen molar-refractivity contribution in [3.63, 3.8) is 0 Å². The number of halogens is 1. The fraction of sp³-hybridized carbons (Fsp3) is 0.409. The van der Waals surface area contributed by atoms with Crippen molar-refractivity contribution in [2.24, 2.45) is 0 Å². The molecular formula is C22H26ClN2O2+. The van der Waals surface area contributed by atoms with Gasteiger partial charge in [0.25, 0.3) is 0 Å². The average molecular weight is 386 g/mol. The van der Waals surface area contributed by atoms with Crippen molar-refractivity contribution in [2.75, 3.05) is 19.4 Å². The average Bonchev–Trinajstić information content (AvgIpc) is 2.80. The molecule has 0 aliphatic carbocycles. The molecule has 2 aromatic carbocycles. The van der Waals surface area contributed by atoms with Crippen LogP contribution in [0.2, 0.25) is 5.02 Å². The quantitative estimate of drug-likeness (QED) is 0.725. The topological polar surface area (TPSA) is 38.3 Å². The van der Waals surface area contributed by atoms with Crippen LogP contribution in [-0.2, 0) is 4.74 Å². The van der Waals surface area contributed by atoms with Crippen LogP contribution in [0.15, 0.2) is 48.5 Å². The first-order chi connectivity index (χ1) is 12.9. The van der Waals surface area contributed by atoms with E-state index in [1.165, 1.54) is 12.8 Å².